The van der Waals surface area contributed by atoms with E-state index >= 15 is 0 Å². The molecule has 0 aromatic heterocycles. The fourth-order valence-electron chi connectivity index (χ4n) is 1.90. The summed E-state index contributed by atoms with van der Waals surface area (Å²) in [7, 11) is -3.55. The third-order valence-corrected chi connectivity index (χ3v) is 4.26. The summed E-state index contributed by atoms with van der Waals surface area (Å²) >= 11 is 5.99. The van der Waals surface area contributed by atoms with Gasteiger partial charge in [0.2, 0.25) is 10.0 Å². The lowest BCUT2D eigenvalue weighted by Gasteiger charge is -2.12. The Balaban J connectivity index is 2.43. The molecule has 22 heavy (non-hydrogen) atoms. The summed E-state index contributed by atoms with van der Waals surface area (Å²) in [6.45, 7) is 3.27. The van der Waals surface area contributed by atoms with Gasteiger partial charge in [-0.15, -0.1) is 0 Å². The largest absolute Gasteiger partial charge is 0.504 e. The third-order valence-electron chi connectivity index (χ3n) is 3.04. The molecule has 2 aromatic rings. The van der Waals surface area contributed by atoms with Crippen molar-refractivity contribution in [2.45, 2.75) is 6.54 Å². The van der Waals surface area contributed by atoms with Crippen LogP contribution in [0.15, 0.2) is 48.4 Å². The van der Waals surface area contributed by atoms with Gasteiger partial charge in [-0.3, -0.25) is 0 Å². The maximum absolute atomic E-state index is 11.5. The second-order valence-corrected chi connectivity index (χ2v) is 6.69. The molecule has 0 aliphatic rings. The number of aromatic hydroxyl groups is 2. The topological polar surface area (TPSA) is 86.6 Å². The number of rotatable bonds is 5. The number of halogens is 1. The van der Waals surface area contributed by atoms with Crippen molar-refractivity contribution in [2.24, 2.45) is 0 Å². The van der Waals surface area contributed by atoms with Gasteiger partial charge in [0.05, 0.1) is 0 Å². The molecule has 0 aliphatic carbocycles. The van der Waals surface area contributed by atoms with Gasteiger partial charge in [0.1, 0.15) is 0 Å². The average Bonchev–Trinajstić information content (AvgIpc) is 2.49. The van der Waals surface area contributed by atoms with Crippen molar-refractivity contribution < 1.29 is 18.6 Å². The van der Waals surface area contributed by atoms with Crippen LogP contribution in [-0.2, 0) is 16.6 Å². The van der Waals surface area contributed by atoms with E-state index in [9.17, 15) is 18.6 Å². The molecule has 0 heterocycles. The summed E-state index contributed by atoms with van der Waals surface area (Å²) in [5, 5.41) is 20.3. The molecule has 7 heteroatoms. The lowest BCUT2D eigenvalue weighted by atomic mass is 9.99. The van der Waals surface area contributed by atoms with Gasteiger partial charge in [0.15, 0.2) is 11.5 Å². The molecule has 0 saturated carbocycles. The van der Waals surface area contributed by atoms with E-state index in [0.29, 0.717) is 21.7 Å². The van der Waals surface area contributed by atoms with E-state index in [1.165, 1.54) is 12.1 Å². The number of hydrogen-bond acceptors (Lipinski definition) is 4. The van der Waals surface area contributed by atoms with Gasteiger partial charge in [-0.2, -0.15) is 0 Å². The van der Waals surface area contributed by atoms with Gasteiger partial charge < -0.3 is 10.2 Å². The molecule has 0 spiro atoms. The predicted molar refractivity (Wildman–Crippen MR) is 86.2 cm³/mol. The van der Waals surface area contributed by atoms with Crippen LogP contribution in [-0.4, -0.2) is 18.6 Å². The van der Waals surface area contributed by atoms with Gasteiger partial charge >= 0.3 is 0 Å². The molecule has 2 aromatic carbocycles. The van der Waals surface area contributed by atoms with Crippen LogP contribution in [0.1, 0.15) is 5.56 Å². The van der Waals surface area contributed by atoms with Crippen LogP contribution in [0.3, 0.4) is 0 Å². The van der Waals surface area contributed by atoms with E-state index in [4.69, 9.17) is 11.6 Å². The molecule has 2 rings (SSSR count). The van der Waals surface area contributed by atoms with Gasteiger partial charge in [0, 0.05) is 17.0 Å². The van der Waals surface area contributed by atoms with Gasteiger partial charge in [0.25, 0.3) is 0 Å². The molecular formula is C15H14ClNO4S. The van der Waals surface area contributed by atoms with Crippen LogP contribution in [0.5, 0.6) is 11.5 Å². The summed E-state index contributed by atoms with van der Waals surface area (Å²) in [6.07, 6.45) is 0. The van der Waals surface area contributed by atoms with E-state index in [1.807, 2.05) is 0 Å². The zero-order valence-corrected chi connectivity index (χ0v) is 13.0. The van der Waals surface area contributed by atoms with E-state index in [1.54, 1.807) is 24.3 Å². The maximum Gasteiger partial charge on any atom is 0.233 e. The van der Waals surface area contributed by atoms with Crippen molar-refractivity contribution in [3.05, 3.63) is 59.0 Å². The Bertz CT molecular complexity index is 818. The minimum atomic E-state index is -3.55. The van der Waals surface area contributed by atoms with Crippen molar-refractivity contribution >= 4 is 21.6 Å². The van der Waals surface area contributed by atoms with Crippen LogP contribution in [0.25, 0.3) is 11.1 Å². The SMILES string of the molecule is C=CS(=O)(=O)NCc1ccc(Cl)cc1-c1ccc(O)c(O)c1. The summed E-state index contributed by atoms with van der Waals surface area (Å²) in [4.78, 5) is 0. The molecular weight excluding hydrogens is 326 g/mol. The van der Waals surface area contributed by atoms with Crippen molar-refractivity contribution in [2.75, 3.05) is 0 Å². The van der Waals surface area contributed by atoms with Crippen molar-refractivity contribution in [3.63, 3.8) is 0 Å². The van der Waals surface area contributed by atoms with E-state index in [-0.39, 0.29) is 18.0 Å². The van der Waals surface area contributed by atoms with Gasteiger partial charge in [-0.05, 0) is 41.0 Å². The van der Waals surface area contributed by atoms with Crippen LogP contribution in [0.4, 0.5) is 0 Å². The number of hydrogen-bond donors (Lipinski definition) is 3. The van der Waals surface area contributed by atoms with Crippen molar-refractivity contribution in [1.29, 1.82) is 0 Å². The summed E-state index contributed by atoms with van der Waals surface area (Å²) in [5.74, 6) is -0.505. The van der Waals surface area contributed by atoms with Crippen molar-refractivity contribution in [1.82, 2.24) is 4.72 Å². The minimum Gasteiger partial charge on any atom is -0.504 e. The van der Waals surface area contributed by atoms with Gasteiger partial charge in [-0.1, -0.05) is 30.3 Å². The Labute approximate surface area is 133 Å². The summed E-state index contributed by atoms with van der Waals surface area (Å²) in [5.41, 5.74) is 1.92. The third kappa shape index (κ3) is 3.79. The first kappa shape index (κ1) is 16.4. The summed E-state index contributed by atoms with van der Waals surface area (Å²) < 4.78 is 25.3. The number of sulfonamides is 1. The fraction of sp³-hybridized carbons (Fsp3) is 0.0667. The minimum absolute atomic E-state index is 0.0441. The molecule has 0 atom stereocenters. The van der Waals surface area contributed by atoms with Gasteiger partial charge in [-0.25, -0.2) is 13.1 Å². The van der Waals surface area contributed by atoms with Crippen LogP contribution < -0.4 is 4.72 Å². The Morgan fingerprint density at radius 3 is 2.50 bits per heavy atom. The van der Waals surface area contributed by atoms with E-state index in [0.717, 1.165) is 5.41 Å². The van der Waals surface area contributed by atoms with Crippen LogP contribution in [0.2, 0.25) is 5.02 Å². The fourth-order valence-corrected chi connectivity index (χ4v) is 2.55. The predicted octanol–water partition coefficient (Wildman–Crippen LogP) is 2.98. The molecule has 0 saturated heterocycles. The second-order valence-electron chi connectivity index (χ2n) is 4.54. The monoisotopic (exact) mass is 339 g/mol. The smallest absolute Gasteiger partial charge is 0.233 e. The number of phenolic OH excluding ortho intramolecular Hbond substituents is 2. The van der Waals surface area contributed by atoms with E-state index in [2.05, 4.69) is 11.3 Å². The Hall–Kier alpha value is -2.02. The molecule has 5 nitrogen and oxygen atoms in total. The zero-order chi connectivity index (χ0) is 16.3. The lowest BCUT2D eigenvalue weighted by Crippen LogP contribution is -2.20. The van der Waals surface area contributed by atoms with E-state index < -0.39 is 10.0 Å². The first-order chi connectivity index (χ1) is 10.3. The molecule has 0 fully saturated rings. The number of phenols is 2. The van der Waals surface area contributed by atoms with Crippen molar-refractivity contribution in [3.8, 4) is 22.6 Å². The summed E-state index contributed by atoms with van der Waals surface area (Å²) in [6, 6.07) is 9.32. The quantitative estimate of drug-likeness (QED) is 0.731. The Morgan fingerprint density at radius 2 is 1.86 bits per heavy atom. The molecule has 0 aliphatic heterocycles. The number of nitrogens with one attached hydrogen (secondary N) is 1. The van der Waals surface area contributed by atoms with Crippen LogP contribution in [0, 0.1) is 0 Å². The maximum atomic E-state index is 11.5. The standard InChI is InChI=1S/C15H14ClNO4S/c1-2-22(20,21)17-9-11-3-5-12(16)8-13(11)10-4-6-14(18)15(19)7-10/h2-8,17-19H,1,9H2. The number of benzene rings is 2. The Kier molecular flexibility index (Phi) is 4.75. The average molecular weight is 340 g/mol. The second kappa shape index (κ2) is 6.39. The normalized spacial score (nSPS) is 11.3. The molecule has 3 N–H and O–H groups in total. The lowest BCUT2D eigenvalue weighted by molar-refractivity contribution is 0.404. The highest BCUT2D eigenvalue weighted by Crippen LogP contribution is 2.33. The highest BCUT2D eigenvalue weighted by Gasteiger charge is 2.11. The first-order valence-corrected chi connectivity index (χ1v) is 8.18. The Morgan fingerprint density at radius 1 is 1.14 bits per heavy atom. The molecule has 0 bridgehead atoms. The van der Waals surface area contributed by atoms with Crippen LogP contribution >= 0.6 is 11.6 Å². The highest BCUT2D eigenvalue weighted by atomic mass is 35.5. The molecule has 0 amide bonds. The molecule has 0 radical (unpaired) electrons. The highest BCUT2D eigenvalue weighted by molar-refractivity contribution is 7.92. The molecule has 0 unspecified atom stereocenters. The zero-order valence-electron chi connectivity index (χ0n) is 11.5. The first-order valence-electron chi connectivity index (χ1n) is 6.25. The molecule has 116 valence electrons.